The molecule has 0 aliphatic heterocycles. The van der Waals surface area contributed by atoms with E-state index in [2.05, 4.69) is 32.0 Å². The first kappa shape index (κ1) is 10.7. The van der Waals surface area contributed by atoms with Gasteiger partial charge in [-0.2, -0.15) is 0 Å². The molecule has 1 aromatic carbocycles. The standard InChI is InChI=1S/C14H20O/c1-10-7-11(2)9-12(8-10)13-5-3-4-6-14(13)15/h7-9,13-15H,3-6H2,1-2H3/t13-,14+/m0/s1. The van der Waals surface area contributed by atoms with Crippen LogP contribution in [0.4, 0.5) is 0 Å². The summed E-state index contributed by atoms with van der Waals surface area (Å²) in [6, 6.07) is 6.65. The zero-order valence-corrected chi connectivity index (χ0v) is 9.66. The van der Waals surface area contributed by atoms with Crippen molar-refractivity contribution >= 4 is 0 Å². The third-order valence-corrected chi connectivity index (χ3v) is 3.40. The molecule has 0 unspecified atom stereocenters. The molecule has 0 amide bonds. The Balaban J connectivity index is 2.27. The second-order valence-corrected chi connectivity index (χ2v) is 4.88. The molecule has 1 N–H and O–H groups in total. The van der Waals surface area contributed by atoms with E-state index in [1.807, 2.05) is 0 Å². The third-order valence-electron chi connectivity index (χ3n) is 3.40. The van der Waals surface area contributed by atoms with Crippen molar-refractivity contribution in [3.8, 4) is 0 Å². The largest absolute Gasteiger partial charge is 0.392 e. The monoisotopic (exact) mass is 204 g/mol. The van der Waals surface area contributed by atoms with E-state index in [9.17, 15) is 5.11 Å². The van der Waals surface area contributed by atoms with Gasteiger partial charge in [-0.1, -0.05) is 42.2 Å². The fourth-order valence-electron chi connectivity index (χ4n) is 2.72. The van der Waals surface area contributed by atoms with E-state index < -0.39 is 0 Å². The molecule has 82 valence electrons. The molecular formula is C14H20O. The second-order valence-electron chi connectivity index (χ2n) is 4.88. The number of aliphatic hydroxyl groups excluding tert-OH is 1. The first-order chi connectivity index (χ1) is 7.16. The third kappa shape index (κ3) is 2.40. The Morgan fingerprint density at radius 2 is 1.60 bits per heavy atom. The van der Waals surface area contributed by atoms with Crippen molar-refractivity contribution in [2.45, 2.75) is 51.6 Å². The summed E-state index contributed by atoms with van der Waals surface area (Å²) in [6.45, 7) is 4.26. The van der Waals surface area contributed by atoms with Gasteiger partial charge in [0.2, 0.25) is 0 Å². The molecule has 1 aliphatic carbocycles. The predicted molar refractivity (Wildman–Crippen MR) is 63.1 cm³/mol. The van der Waals surface area contributed by atoms with Crippen LogP contribution in [0.5, 0.6) is 0 Å². The maximum absolute atomic E-state index is 10.0. The minimum atomic E-state index is -0.125. The number of hydrogen-bond donors (Lipinski definition) is 1. The van der Waals surface area contributed by atoms with Crippen molar-refractivity contribution in [3.05, 3.63) is 34.9 Å². The van der Waals surface area contributed by atoms with E-state index >= 15 is 0 Å². The van der Waals surface area contributed by atoms with Gasteiger partial charge in [0.25, 0.3) is 0 Å². The topological polar surface area (TPSA) is 20.2 Å². The van der Waals surface area contributed by atoms with Crippen LogP contribution < -0.4 is 0 Å². The van der Waals surface area contributed by atoms with Crippen LogP contribution in [0, 0.1) is 13.8 Å². The number of benzene rings is 1. The van der Waals surface area contributed by atoms with E-state index in [-0.39, 0.29) is 6.10 Å². The van der Waals surface area contributed by atoms with Gasteiger partial charge in [-0.3, -0.25) is 0 Å². The van der Waals surface area contributed by atoms with Crippen LogP contribution in [-0.2, 0) is 0 Å². The van der Waals surface area contributed by atoms with Gasteiger partial charge in [0.15, 0.2) is 0 Å². The van der Waals surface area contributed by atoms with Crippen molar-refractivity contribution in [1.29, 1.82) is 0 Å². The van der Waals surface area contributed by atoms with Crippen molar-refractivity contribution < 1.29 is 5.11 Å². The van der Waals surface area contributed by atoms with Gasteiger partial charge < -0.3 is 5.11 Å². The molecule has 1 aliphatic rings. The molecule has 1 aromatic rings. The SMILES string of the molecule is Cc1cc(C)cc([C@@H]2CCCC[C@H]2O)c1. The molecule has 15 heavy (non-hydrogen) atoms. The average Bonchev–Trinajstić information content (AvgIpc) is 2.16. The molecule has 0 radical (unpaired) electrons. The smallest absolute Gasteiger partial charge is 0.0608 e. The summed E-state index contributed by atoms with van der Waals surface area (Å²) in [5.74, 6) is 0.373. The molecule has 1 saturated carbocycles. The summed E-state index contributed by atoms with van der Waals surface area (Å²) in [7, 11) is 0. The lowest BCUT2D eigenvalue weighted by Gasteiger charge is -2.28. The highest BCUT2D eigenvalue weighted by Gasteiger charge is 2.24. The van der Waals surface area contributed by atoms with Crippen molar-refractivity contribution in [1.82, 2.24) is 0 Å². The molecule has 0 saturated heterocycles. The molecule has 2 atom stereocenters. The first-order valence-corrected chi connectivity index (χ1v) is 5.93. The van der Waals surface area contributed by atoms with E-state index in [0.717, 1.165) is 12.8 Å². The number of rotatable bonds is 1. The minimum Gasteiger partial charge on any atom is -0.392 e. The van der Waals surface area contributed by atoms with Crippen LogP contribution in [0.25, 0.3) is 0 Å². The van der Waals surface area contributed by atoms with Gasteiger partial charge in [-0.15, -0.1) is 0 Å². The minimum absolute atomic E-state index is 0.125. The summed E-state index contributed by atoms with van der Waals surface area (Å²) in [6.07, 6.45) is 4.43. The fourth-order valence-corrected chi connectivity index (χ4v) is 2.72. The zero-order chi connectivity index (χ0) is 10.8. The van der Waals surface area contributed by atoms with E-state index in [4.69, 9.17) is 0 Å². The Morgan fingerprint density at radius 3 is 2.20 bits per heavy atom. The van der Waals surface area contributed by atoms with Gasteiger partial charge in [0.05, 0.1) is 6.10 Å². The average molecular weight is 204 g/mol. The molecule has 0 heterocycles. The molecule has 1 fully saturated rings. The van der Waals surface area contributed by atoms with Gasteiger partial charge in [0, 0.05) is 5.92 Å². The molecule has 0 spiro atoms. The summed E-state index contributed by atoms with van der Waals surface area (Å²) in [5, 5.41) is 10.0. The van der Waals surface area contributed by atoms with Gasteiger partial charge in [0.1, 0.15) is 0 Å². The highest BCUT2D eigenvalue weighted by molar-refractivity contribution is 5.31. The zero-order valence-electron chi connectivity index (χ0n) is 9.66. The highest BCUT2D eigenvalue weighted by Crippen LogP contribution is 2.33. The Labute approximate surface area is 92.1 Å². The van der Waals surface area contributed by atoms with Crippen molar-refractivity contribution in [3.63, 3.8) is 0 Å². The summed E-state index contributed by atoms with van der Waals surface area (Å²) in [4.78, 5) is 0. The Kier molecular flexibility index (Phi) is 3.11. The first-order valence-electron chi connectivity index (χ1n) is 5.93. The summed E-state index contributed by atoms with van der Waals surface area (Å²) in [5.41, 5.74) is 3.95. The number of hydrogen-bond acceptors (Lipinski definition) is 1. The Bertz CT molecular complexity index is 323. The van der Waals surface area contributed by atoms with Crippen molar-refractivity contribution in [2.24, 2.45) is 0 Å². The lowest BCUT2D eigenvalue weighted by atomic mass is 9.81. The van der Waals surface area contributed by atoms with Crippen LogP contribution in [0.3, 0.4) is 0 Å². The van der Waals surface area contributed by atoms with E-state index in [1.165, 1.54) is 29.5 Å². The highest BCUT2D eigenvalue weighted by atomic mass is 16.3. The van der Waals surface area contributed by atoms with Crippen LogP contribution in [0.1, 0.15) is 48.3 Å². The van der Waals surface area contributed by atoms with Crippen LogP contribution in [0.15, 0.2) is 18.2 Å². The van der Waals surface area contributed by atoms with E-state index in [1.54, 1.807) is 0 Å². The Hall–Kier alpha value is -0.820. The summed E-state index contributed by atoms with van der Waals surface area (Å²) < 4.78 is 0. The second kappa shape index (κ2) is 4.36. The number of aryl methyl sites for hydroxylation is 2. The predicted octanol–water partition coefficient (Wildman–Crippen LogP) is 3.32. The molecule has 1 nitrogen and oxygen atoms in total. The Morgan fingerprint density at radius 1 is 1.00 bits per heavy atom. The lowest BCUT2D eigenvalue weighted by molar-refractivity contribution is 0.106. The maximum atomic E-state index is 10.0. The van der Waals surface area contributed by atoms with Crippen molar-refractivity contribution in [2.75, 3.05) is 0 Å². The van der Waals surface area contributed by atoms with Crippen LogP contribution in [-0.4, -0.2) is 11.2 Å². The summed E-state index contributed by atoms with van der Waals surface area (Å²) >= 11 is 0. The molecule has 0 bridgehead atoms. The molecule has 1 heteroatoms. The normalized spacial score (nSPS) is 26.6. The fraction of sp³-hybridized carbons (Fsp3) is 0.571. The van der Waals surface area contributed by atoms with E-state index in [0.29, 0.717) is 5.92 Å². The molecular weight excluding hydrogens is 184 g/mol. The van der Waals surface area contributed by atoms with Gasteiger partial charge in [-0.05, 0) is 32.3 Å². The lowest BCUT2D eigenvalue weighted by Crippen LogP contribution is -2.22. The number of aliphatic hydroxyl groups is 1. The van der Waals surface area contributed by atoms with Gasteiger partial charge in [-0.25, -0.2) is 0 Å². The maximum Gasteiger partial charge on any atom is 0.0608 e. The van der Waals surface area contributed by atoms with Gasteiger partial charge >= 0.3 is 0 Å². The van der Waals surface area contributed by atoms with Crippen LogP contribution in [0.2, 0.25) is 0 Å². The molecule has 0 aromatic heterocycles. The van der Waals surface area contributed by atoms with Crippen LogP contribution >= 0.6 is 0 Å². The quantitative estimate of drug-likeness (QED) is 0.744. The molecule has 2 rings (SSSR count).